The molecule has 8 heteroatoms. The summed E-state index contributed by atoms with van der Waals surface area (Å²) in [5.41, 5.74) is 1.71. The standard InChI is InChI=1S/C17H15N5O3/c1-12-8-14(2-3-15(12)22(24)25)17(23)20-10-13-4-5-19-16(9-13)21-7-6-18-11-21/h2-9,11H,10H2,1H3,(H,20,23). The van der Waals surface area contributed by atoms with Gasteiger partial charge >= 0.3 is 0 Å². The van der Waals surface area contributed by atoms with Crippen molar-refractivity contribution in [2.75, 3.05) is 0 Å². The predicted molar refractivity (Wildman–Crippen MR) is 90.4 cm³/mol. The van der Waals surface area contributed by atoms with E-state index in [1.165, 1.54) is 18.2 Å². The molecule has 2 aromatic heterocycles. The number of amides is 1. The molecular weight excluding hydrogens is 322 g/mol. The first-order valence-electron chi connectivity index (χ1n) is 7.51. The molecule has 0 radical (unpaired) electrons. The fraction of sp³-hybridized carbons (Fsp3) is 0.118. The van der Waals surface area contributed by atoms with E-state index < -0.39 is 4.92 Å². The van der Waals surface area contributed by atoms with Crippen molar-refractivity contribution in [2.24, 2.45) is 0 Å². The second kappa shape index (κ2) is 6.91. The number of hydrogen-bond donors (Lipinski definition) is 1. The molecule has 0 saturated heterocycles. The van der Waals surface area contributed by atoms with Crippen molar-refractivity contribution in [2.45, 2.75) is 13.5 Å². The molecule has 0 aliphatic rings. The highest BCUT2D eigenvalue weighted by Gasteiger charge is 2.13. The first kappa shape index (κ1) is 16.3. The Balaban J connectivity index is 1.69. The van der Waals surface area contributed by atoms with E-state index in [4.69, 9.17) is 0 Å². The summed E-state index contributed by atoms with van der Waals surface area (Å²) < 4.78 is 1.77. The van der Waals surface area contributed by atoms with Gasteiger partial charge < -0.3 is 5.32 Å². The molecule has 2 heterocycles. The van der Waals surface area contributed by atoms with Gasteiger partial charge in [0.25, 0.3) is 11.6 Å². The lowest BCUT2D eigenvalue weighted by Gasteiger charge is -2.08. The molecule has 3 aromatic rings. The van der Waals surface area contributed by atoms with E-state index in [-0.39, 0.29) is 11.6 Å². The van der Waals surface area contributed by atoms with Crippen molar-refractivity contribution in [3.8, 4) is 5.82 Å². The fourth-order valence-corrected chi connectivity index (χ4v) is 2.39. The average molecular weight is 337 g/mol. The molecule has 0 atom stereocenters. The van der Waals surface area contributed by atoms with Crippen LogP contribution in [0.15, 0.2) is 55.2 Å². The summed E-state index contributed by atoms with van der Waals surface area (Å²) in [5.74, 6) is 0.412. The first-order valence-corrected chi connectivity index (χ1v) is 7.51. The van der Waals surface area contributed by atoms with E-state index in [9.17, 15) is 14.9 Å². The Morgan fingerprint density at radius 3 is 2.80 bits per heavy atom. The Labute approximate surface area is 143 Å². The first-order chi connectivity index (χ1) is 12.0. The number of carbonyl (C=O) groups excluding carboxylic acids is 1. The second-order valence-corrected chi connectivity index (χ2v) is 5.43. The highest BCUT2D eigenvalue weighted by atomic mass is 16.6. The third-order valence-electron chi connectivity index (χ3n) is 3.69. The van der Waals surface area contributed by atoms with E-state index in [2.05, 4.69) is 15.3 Å². The number of hydrogen-bond acceptors (Lipinski definition) is 5. The topological polar surface area (TPSA) is 103 Å². The summed E-state index contributed by atoms with van der Waals surface area (Å²) in [6, 6.07) is 7.96. The number of carbonyl (C=O) groups is 1. The van der Waals surface area contributed by atoms with Crippen LogP contribution in [0.1, 0.15) is 21.5 Å². The zero-order valence-electron chi connectivity index (χ0n) is 13.4. The molecular formula is C17H15N5O3. The highest BCUT2D eigenvalue weighted by molar-refractivity contribution is 5.94. The van der Waals surface area contributed by atoms with Gasteiger partial charge in [0.1, 0.15) is 12.1 Å². The molecule has 3 rings (SSSR count). The minimum absolute atomic E-state index is 0.00402. The zero-order chi connectivity index (χ0) is 17.8. The Morgan fingerprint density at radius 2 is 2.12 bits per heavy atom. The van der Waals surface area contributed by atoms with Crippen LogP contribution in [0.25, 0.3) is 5.82 Å². The summed E-state index contributed by atoms with van der Waals surface area (Å²) in [6.45, 7) is 1.92. The fourth-order valence-electron chi connectivity index (χ4n) is 2.39. The maximum Gasteiger partial charge on any atom is 0.272 e. The number of aryl methyl sites for hydroxylation is 1. The lowest BCUT2D eigenvalue weighted by molar-refractivity contribution is -0.385. The summed E-state index contributed by atoms with van der Waals surface area (Å²) in [6.07, 6.45) is 6.74. The average Bonchev–Trinajstić information content (AvgIpc) is 3.14. The SMILES string of the molecule is Cc1cc(C(=O)NCc2ccnc(-n3ccnc3)c2)ccc1[N+](=O)[O-]. The van der Waals surface area contributed by atoms with Gasteiger partial charge in [-0.15, -0.1) is 0 Å². The number of imidazole rings is 1. The van der Waals surface area contributed by atoms with Gasteiger partial charge in [-0.05, 0) is 36.8 Å². The van der Waals surface area contributed by atoms with E-state index in [0.29, 0.717) is 23.5 Å². The zero-order valence-corrected chi connectivity index (χ0v) is 13.4. The number of benzene rings is 1. The van der Waals surface area contributed by atoms with Gasteiger partial charge in [-0.1, -0.05) is 0 Å². The molecule has 0 fully saturated rings. The van der Waals surface area contributed by atoms with Gasteiger partial charge in [0.05, 0.1) is 4.92 Å². The third kappa shape index (κ3) is 3.69. The highest BCUT2D eigenvalue weighted by Crippen LogP contribution is 2.18. The third-order valence-corrected chi connectivity index (χ3v) is 3.69. The van der Waals surface area contributed by atoms with Crippen LogP contribution in [-0.4, -0.2) is 25.4 Å². The Bertz CT molecular complexity index is 922. The Kier molecular flexibility index (Phi) is 4.51. The second-order valence-electron chi connectivity index (χ2n) is 5.43. The molecule has 1 aromatic carbocycles. The number of aromatic nitrogens is 3. The van der Waals surface area contributed by atoms with Gasteiger partial charge in [0, 0.05) is 42.3 Å². The molecule has 0 saturated carbocycles. The van der Waals surface area contributed by atoms with Gasteiger partial charge in [-0.3, -0.25) is 19.5 Å². The summed E-state index contributed by atoms with van der Waals surface area (Å²) in [5, 5.41) is 13.6. The molecule has 0 aliphatic carbocycles. The van der Waals surface area contributed by atoms with E-state index in [1.807, 2.05) is 12.1 Å². The lowest BCUT2D eigenvalue weighted by atomic mass is 10.1. The number of nitro groups is 1. The molecule has 25 heavy (non-hydrogen) atoms. The van der Waals surface area contributed by atoms with Gasteiger partial charge in [0.2, 0.25) is 0 Å². The number of nitrogens with zero attached hydrogens (tertiary/aromatic N) is 4. The van der Waals surface area contributed by atoms with Crippen LogP contribution in [0.3, 0.4) is 0 Å². The van der Waals surface area contributed by atoms with Crippen LogP contribution in [-0.2, 0) is 6.54 Å². The molecule has 8 nitrogen and oxygen atoms in total. The van der Waals surface area contributed by atoms with Crippen molar-refractivity contribution in [3.63, 3.8) is 0 Å². The van der Waals surface area contributed by atoms with E-state index in [0.717, 1.165) is 5.56 Å². The van der Waals surface area contributed by atoms with Crippen LogP contribution in [0.2, 0.25) is 0 Å². The Hall–Kier alpha value is -3.55. The largest absolute Gasteiger partial charge is 0.348 e. The lowest BCUT2D eigenvalue weighted by Crippen LogP contribution is -2.23. The molecule has 0 bridgehead atoms. The van der Waals surface area contributed by atoms with Crippen LogP contribution in [0.5, 0.6) is 0 Å². The van der Waals surface area contributed by atoms with Gasteiger partial charge in [0.15, 0.2) is 0 Å². The van der Waals surface area contributed by atoms with E-state index >= 15 is 0 Å². The molecule has 0 aliphatic heterocycles. The monoisotopic (exact) mass is 337 g/mol. The molecule has 0 spiro atoms. The summed E-state index contributed by atoms with van der Waals surface area (Å²) in [4.78, 5) is 30.8. The number of nitrogens with one attached hydrogen (secondary N) is 1. The maximum absolute atomic E-state index is 12.3. The normalized spacial score (nSPS) is 10.4. The van der Waals surface area contributed by atoms with Crippen LogP contribution in [0, 0.1) is 17.0 Å². The number of pyridine rings is 1. The number of rotatable bonds is 5. The summed E-state index contributed by atoms with van der Waals surface area (Å²) in [7, 11) is 0. The number of nitro benzene ring substituents is 1. The molecule has 1 amide bonds. The quantitative estimate of drug-likeness (QED) is 0.569. The van der Waals surface area contributed by atoms with Gasteiger partial charge in [-0.25, -0.2) is 9.97 Å². The summed E-state index contributed by atoms with van der Waals surface area (Å²) >= 11 is 0. The van der Waals surface area contributed by atoms with Gasteiger partial charge in [-0.2, -0.15) is 0 Å². The van der Waals surface area contributed by atoms with Crippen molar-refractivity contribution in [3.05, 3.63) is 82.1 Å². The predicted octanol–water partition coefficient (Wildman–Crippen LogP) is 2.41. The molecule has 1 N–H and O–H groups in total. The minimum atomic E-state index is -0.467. The van der Waals surface area contributed by atoms with Crippen LogP contribution < -0.4 is 5.32 Å². The van der Waals surface area contributed by atoms with E-state index in [1.54, 1.807) is 36.4 Å². The Morgan fingerprint density at radius 1 is 1.28 bits per heavy atom. The van der Waals surface area contributed by atoms with Crippen LogP contribution >= 0.6 is 0 Å². The maximum atomic E-state index is 12.3. The van der Waals surface area contributed by atoms with Crippen molar-refractivity contribution in [1.29, 1.82) is 0 Å². The van der Waals surface area contributed by atoms with Crippen molar-refractivity contribution in [1.82, 2.24) is 19.9 Å². The molecule has 126 valence electrons. The minimum Gasteiger partial charge on any atom is -0.348 e. The van der Waals surface area contributed by atoms with Crippen LogP contribution in [0.4, 0.5) is 5.69 Å². The van der Waals surface area contributed by atoms with Crippen molar-refractivity contribution >= 4 is 11.6 Å². The smallest absolute Gasteiger partial charge is 0.272 e. The van der Waals surface area contributed by atoms with Crippen molar-refractivity contribution < 1.29 is 9.72 Å². The molecule has 0 unspecified atom stereocenters.